The third-order valence-corrected chi connectivity index (χ3v) is 3.86. The van der Waals surface area contributed by atoms with Crippen LogP contribution in [-0.4, -0.2) is 13.7 Å². The first-order valence-corrected chi connectivity index (χ1v) is 7.02. The van der Waals surface area contributed by atoms with Crippen molar-refractivity contribution in [3.63, 3.8) is 0 Å². The summed E-state index contributed by atoms with van der Waals surface area (Å²) in [5.41, 5.74) is 8.93. The van der Waals surface area contributed by atoms with Gasteiger partial charge in [-0.05, 0) is 35.4 Å². The molecule has 3 rings (SSSR count). The zero-order valence-electron chi connectivity index (χ0n) is 11.5. The molecule has 1 unspecified atom stereocenters. The number of halogens is 2. The van der Waals surface area contributed by atoms with Gasteiger partial charge in [0.05, 0.1) is 19.8 Å². The predicted octanol–water partition coefficient (Wildman–Crippen LogP) is 3.47. The Labute approximate surface area is 127 Å². The maximum atomic E-state index is 13.5. The molecule has 0 saturated heterocycles. The van der Waals surface area contributed by atoms with E-state index < -0.39 is 11.9 Å². The Morgan fingerprint density at radius 3 is 2.90 bits per heavy atom. The van der Waals surface area contributed by atoms with E-state index in [-0.39, 0.29) is 5.75 Å². The quantitative estimate of drug-likeness (QED) is 0.944. The summed E-state index contributed by atoms with van der Waals surface area (Å²) in [6.07, 6.45) is 0.822. The SMILES string of the molecule is COc1cc(C(N)c2cc(Cl)cc3c2OCC3)ccc1F. The zero-order chi connectivity index (χ0) is 15.0. The van der Waals surface area contributed by atoms with Crippen LogP contribution >= 0.6 is 11.6 Å². The molecule has 21 heavy (non-hydrogen) atoms. The van der Waals surface area contributed by atoms with Crippen LogP contribution in [0, 0.1) is 5.82 Å². The molecule has 2 aromatic rings. The average Bonchev–Trinajstić information content (AvgIpc) is 2.94. The van der Waals surface area contributed by atoms with Gasteiger partial charge in [0.15, 0.2) is 11.6 Å². The predicted molar refractivity (Wildman–Crippen MR) is 79.6 cm³/mol. The molecule has 5 heteroatoms. The van der Waals surface area contributed by atoms with Gasteiger partial charge in [0.25, 0.3) is 0 Å². The van der Waals surface area contributed by atoms with E-state index in [1.54, 1.807) is 18.2 Å². The fraction of sp³-hybridized carbons (Fsp3) is 0.250. The van der Waals surface area contributed by atoms with E-state index in [0.29, 0.717) is 11.6 Å². The van der Waals surface area contributed by atoms with Crippen LogP contribution < -0.4 is 15.2 Å². The molecule has 1 heterocycles. The average molecular weight is 308 g/mol. The Hall–Kier alpha value is -1.78. The number of fused-ring (bicyclic) bond motifs is 1. The van der Waals surface area contributed by atoms with Gasteiger partial charge in [-0.15, -0.1) is 0 Å². The molecule has 1 aliphatic heterocycles. The van der Waals surface area contributed by atoms with Crippen LogP contribution in [0.15, 0.2) is 30.3 Å². The highest BCUT2D eigenvalue weighted by atomic mass is 35.5. The lowest BCUT2D eigenvalue weighted by atomic mass is 9.96. The largest absolute Gasteiger partial charge is 0.494 e. The molecule has 0 saturated carbocycles. The summed E-state index contributed by atoms with van der Waals surface area (Å²) in [6.45, 7) is 0.627. The van der Waals surface area contributed by atoms with Crippen LogP contribution in [-0.2, 0) is 6.42 Å². The van der Waals surface area contributed by atoms with Crippen LogP contribution in [0.2, 0.25) is 5.02 Å². The molecule has 2 aromatic carbocycles. The van der Waals surface area contributed by atoms with E-state index in [0.717, 1.165) is 28.9 Å². The molecule has 0 spiro atoms. The summed E-state index contributed by atoms with van der Waals surface area (Å²) in [7, 11) is 1.42. The van der Waals surface area contributed by atoms with Crippen LogP contribution in [0.3, 0.4) is 0 Å². The normalized spacial score (nSPS) is 14.5. The minimum atomic E-state index is -0.454. The van der Waals surface area contributed by atoms with Gasteiger partial charge in [0.2, 0.25) is 0 Å². The second-order valence-electron chi connectivity index (χ2n) is 4.95. The summed E-state index contributed by atoms with van der Waals surface area (Å²) in [4.78, 5) is 0. The van der Waals surface area contributed by atoms with E-state index in [4.69, 9.17) is 26.8 Å². The van der Waals surface area contributed by atoms with E-state index in [1.165, 1.54) is 13.2 Å². The van der Waals surface area contributed by atoms with Crippen LogP contribution in [0.5, 0.6) is 11.5 Å². The van der Waals surface area contributed by atoms with Crippen molar-refractivity contribution in [3.8, 4) is 11.5 Å². The molecule has 0 fully saturated rings. The number of hydrogen-bond acceptors (Lipinski definition) is 3. The topological polar surface area (TPSA) is 44.5 Å². The first-order valence-electron chi connectivity index (χ1n) is 6.64. The Kier molecular flexibility index (Phi) is 3.74. The van der Waals surface area contributed by atoms with E-state index in [1.807, 2.05) is 6.07 Å². The van der Waals surface area contributed by atoms with Gasteiger partial charge in [-0.25, -0.2) is 4.39 Å². The van der Waals surface area contributed by atoms with Crippen molar-refractivity contribution < 1.29 is 13.9 Å². The second-order valence-corrected chi connectivity index (χ2v) is 5.39. The van der Waals surface area contributed by atoms with Crippen molar-refractivity contribution in [2.75, 3.05) is 13.7 Å². The highest BCUT2D eigenvalue weighted by Crippen LogP contribution is 2.38. The lowest BCUT2D eigenvalue weighted by Crippen LogP contribution is -2.13. The minimum absolute atomic E-state index is 0.169. The van der Waals surface area contributed by atoms with E-state index >= 15 is 0 Å². The summed E-state index contributed by atoms with van der Waals surface area (Å²) in [5.74, 6) is 0.541. The van der Waals surface area contributed by atoms with E-state index in [9.17, 15) is 4.39 Å². The number of benzene rings is 2. The summed E-state index contributed by atoms with van der Waals surface area (Å²) in [6, 6.07) is 7.83. The molecule has 0 amide bonds. The number of ether oxygens (including phenoxy) is 2. The molecular formula is C16H15ClFNO2. The standard InChI is InChI=1S/C16H15ClFNO2/c1-20-14-7-9(2-3-13(14)18)15(19)12-8-11(17)6-10-4-5-21-16(10)12/h2-3,6-8,15H,4-5,19H2,1H3. The van der Waals surface area contributed by atoms with Gasteiger partial charge in [0.1, 0.15) is 5.75 Å². The van der Waals surface area contributed by atoms with Crippen molar-refractivity contribution in [3.05, 3.63) is 57.9 Å². The maximum absolute atomic E-state index is 13.5. The Balaban J connectivity index is 2.05. The molecule has 110 valence electrons. The Morgan fingerprint density at radius 2 is 2.14 bits per heavy atom. The van der Waals surface area contributed by atoms with Crippen molar-refractivity contribution >= 4 is 11.6 Å². The molecule has 0 aromatic heterocycles. The van der Waals surface area contributed by atoms with Gasteiger partial charge < -0.3 is 15.2 Å². The molecule has 0 radical (unpaired) electrons. The van der Waals surface area contributed by atoms with Gasteiger partial charge in [-0.3, -0.25) is 0 Å². The zero-order valence-corrected chi connectivity index (χ0v) is 12.3. The second kappa shape index (κ2) is 5.54. The highest BCUT2D eigenvalue weighted by Gasteiger charge is 2.23. The molecule has 1 aliphatic rings. The first-order chi connectivity index (χ1) is 10.1. The van der Waals surface area contributed by atoms with Crippen molar-refractivity contribution in [2.24, 2.45) is 5.73 Å². The Morgan fingerprint density at radius 1 is 1.33 bits per heavy atom. The van der Waals surface area contributed by atoms with E-state index in [2.05, 4.69) is 0 Å². The smallest absolute Gasteiger partial charge is 0.165 e. The fourth-order valence-corrected chi connectivity index (χ4v) is 2.83. The molecule has 2 N–H and O–H groups in total. The summed E-state index contributed by atoms with van der Waals surface area (Å²) in [5, 5.41) is 0.624. The number of hydrogen-bond donors (Lipinski definition) is 1. The van der Waals surface area contributed by atoms with Gasteiger partial charge in [-0.2, -0.15) is 0 Å². The fourth-order valence-electron chi connectivity index (χ4n) is 2.58. The van der Waals surface area contributed by atoms with Crippen LogP contribution in [0.25, 0.3) is 0 Å². The van der Waals surface area contributed by atoms with Crippen LogP contribution in [0.4, 0.5) is 4.39 Å². The summed E-state index contributed by atoms with van der Waals surface area (Å²) >= 11 is 6.15. The van der Waals surface area contributed by atoms with Crippen molar-refractivity contribution in [1.82, 2.24) is 0 Å². The van der Waals surface area contributed by atoms with Crippen molar-refractivity contribution in [1.29, 1.82) is 0 Å². The third-order valence-electron chi connectivity index (χ3n) is 3.65. The van der Waals surface area contributed by atoms with Crippen LogP contribution in [0.1, 0.15) is 22.7 Å². The Bertz CT molecular complexity index is 690. The lowest BCUT2D eigenvalue weighted by molar-refractivity contribution is 0.352. The maximum Gasteiger partial charge on any atom is 0.165 e. The number of rotatable bonds is 3. The van der Waals surface area contributed by atoms with Crippen molar-refractivity contribution in [2.45, 2.75) is 12.5 Å². The summed E-state index contributed by atoms with van der Waals surface area (Å²) < 4.78 is 24.2. The van der Waals surface area contributed by atoms with Gasteiger partial charge in [0, 0.05) is 17.0 Å². The number of nitrogens with two attached hydrogens (primary N) is 1. The molecule has 0 aliphatic carbocycles. The van der Waals surface area contributed by atoms with Gasteiger partial charge in [-0.1, -0.05) is 17.7 Å². The first kappa shape index (κ1) is 14.2. The van der Waals surface area contributed by atoms with Gasteiger partial charge >= 0.3 is 0 Å². The lowest BCUT2D eigenvalue weighted by Gasteiger charge is -2.17. The minimum Gasteiger partial charge on any atom is -0.494 e. The molecule has 0 bridgehead atoms. The monoisotopic (exact) mass is 307 g/mol. The molecular weight excluding hydrogens is 293 g/mol. The molecule has 1 atom stereocenters. The third kappa shape index (κ3) is 2.57. The molecule has 3 nitrogen and oxygen atoms in total. The number of methoxy groups -OCH3 is 1. The highest BCUT2D eigenvalue weighted by molar-refractivity contribution is 6.30.